The van der Waals surface area contributed by atoms with Crippen LogP contribution in [0.15, 0.2) is 53.5 Å². The van der Waals surface area contributed by atoms with Gasteiger partial charge in [-0.05, 0) is 36.8 Å². The van der Waals surface area contributed by atoms with Gasteiger partial charge in [0.05, 0.1) is 11.3 Å². The van der Waals surface area contributed by atoms with Crippen LogP contribution >= 0.6 is 0 Å². The smallest absolute Gasteiger partial charge is 0.198 e. The summed E-state index contributed by atoms with van der Waals surface area (Å²) < 4.78 is 18.9. The molecule has 0 aliphatic carbocycles. The number of aromatic nitrogens is 1. The fourth-order valence-corrected chi connectivity index (χ4v) is 3.33. The number of aromatic hydroxyl groups is 1. The molecule has 1 saturated heterocycles. The number of nitrogens with zero attached hydrogens (tertiary/aromatic N) is 2. The minimum atomic E-state index is -0.696. The summed E-state index contributed by atoms with van der Waals surface area (Å²) in [6, 6.07) is 15.2. The summed E-state index contributed by atoms with van der Waals surface area (Å²) in [6.45, 7) is 2.59. The Hall–Kier alpha value is -2.86. The van der Waals surface area contributed by atoms with Crippen LogP contribution in [-0.2, 0) is 0 Å². The van der Waals surface area contributed by atoms with Gasteiger partial charge >= 0.3 is 0 Å². The number of nitrogens with one attached hydrogen (secondary N) is 1. The van der Waals surface area contributed by atoms with Crippen molar-refractivity contribution >= 4 is 22.8 Å². The Morgan fingerprint density at radius 1 is 1.22 bits per heavy atom. The minimum Gasteiger partial charge on any atom is -0.494 e. The standard InChI is InChI=1S/C21H22FN3O2/c22-15-9-10-25(14-15)11-12-27-17-7-5-16(6-8-17)23-13-19-18-3-1-2-4-20(18)24-21(19)26/h1-8,13,15,24,26H,9-12,14H2. The lowest BCUT2D eigenvalue weighted by molar-refractivity contribution is 0.224. The van der Waals surface area contributed by atoms with E-state index in [1.54, 1.807) is 6.21 Å². The molecule has 27 heavy (non-hydrogen) atoms. The molecule has 2 aromatic carbocycles. The van der Waals surface area contributed by atoms with E-state index in [4.69, 9.17) is 4.74 Å². The van der Waals surface area contributed by atoms with Crippen LogP contribution in [0.2, 0.25) is 0 Å². The van der Waals surface area contributed by atoms with Crippen molar-refractivity contribution in [1.82, 2.24) is 9.88 Å². The van der Waals surface area contributed by atoms with E-state index in [0.29, 0.717) is 25.1 Å². The number of H-pyrrole nitrogens is 1. The van der Waals surface area contributed by atoms with Crippen molar-refractivity contribution in [3.8, 4) is 11.6 Å². The van der Waals surface area contributed by atoms with Crippen molar-refractivity contribution in [3.63, 3.8) is 0 Å². The number of hydrogen-bond acceptors (Lipinski definition) is 4. The molecule has 1 unspecified atom stereocenters. The van der Waals surface area contributed by atoms with E-state index in [-0.39, 0.29) is 5.88 Å². The number of likely N-dealkylation sites (tertiary alicyclic amines) is 1. The molecule has 1 aromatic heterocycles. The van der Waals surface area contributed by atoms with Gasteiger partial charge in [0.2, 0.25) is 0 Å². The Balaban J connectivity index is 1.36. The molecule has 1 fully saturated rings. The lowest BCUT2D eigenvalue weighted by Crippen LogP contribution is -2.26. The molecule has 5 nitrogen and oxygen atoms in total. The lowest BCUT2D eigenvalue weighted by Gasteiger charge is -2.14. The zero-order valence-corrected chi connectivity index (χ0v) is 14.9. The van der Waals surface area contributed by atoms with Gasteiger partial charge in [0.25, 0.3) is 0 Å². The van der Waals surface area contributed by atoms with Crippen LogP contribution < -0.4 is 4.74 Å². The third-order valence-corrected chi connectivity index (χ3v) is 4.80. The average molecular weight is 367 g/mol. The summed E-state index contributed by atoms with van der Waals surface area (Å²) in [5.74, 6) is 0.872. The van der Waals surface area contributed by atoms with Crippen LogP contribution in [0.1, 0.15) is 12.0 Å². The maximum absolute atomic E-state index is 13.1. The van der Waals surface area contributed by atoms with Gasteiger partial charge in [-0.1, -0.05) is 18.2 Å². The first-order chi connectivity index (χ1) is 13.2. The SMILES string of the molecule is Oc1[nH]c2ccccc2c1C=Nc1ccc(OCCN2CCC(F)C2)cc1. The van der Waals surface area contributed by atoms with Crippen molar-refractivity contribution in [2.24, 2.45) is 4.99 Å². The Kier molecular flexibility index (Phi) is 5.07. The van der Waals surface area contributed by atoms with Crippen LogP contribution in [0.5, 0.6) is 11.6 Å². The van der Waals surface area contributed by atoms with Gasteiger partial charge in [0.1, 0.15) is 18.5 Å². The number of para-hydroxylation sites is 1. The van der Waals surface area contributed by atoms with E-state index in [1.807, 2.05) is 48.5 Å². The molecule has 4 rings (SSSR count). The maximum atomic E-state index is 13.1. The largest absolute Gasteiger partial charge is 0.494 e. The monoisotopic (exact) mass is 367 g/mol. The molecule has 1 atom stereocenters. The summed E-state index contributed by atoms with van der Waals surface area (Å²) in [5.41, 5.74) is 2.31. The second-order valence-electron chi connectivity index (χ2n) is 6.72. The Morgan fingerprint density at radius 3 is 2.81 bits per heavy atom. The highest BCUT2D eigenvalue weighted by atomic mass is 19.1. The summed E-state index contributed by atoms with van der Waals surface area (Å²) >= 11 is 0. The van der Waals surface area contributed by atoms with Gasteiger partial charge < -0.3 is 14.8 Å². The quantitative estimate of drug-likeness (QED) is 0.646. The predicted octanol–water partition coefficient (Wildman–Crippen LogP) is 4.05. The highest BCUT2D eigenvalue weighted by molar-refractivity contribution is 6.02. The fraction of sp³-hybridized carbons (Fsp3) is 0.286. The molecule has 3 aromatic rings. The Labute approximate surface area is 157 Å². The number of halogens is 1. The van der Waals surface area contributed by atoms with Crippen molar-refractivity contribution in [2.45, 2.75) is 12.6 Å². The second kappa shape index (κ2) is 7.80. The molecule has 1 aliphatic rings. The number of benzene rings is 2. The van der Waals surface area contributed by atoms with Crippen LogP contribution in [0.3, 0.4) is 0 Å². The van der Waals surface area contributed by atoms with E-state index >= 15 is 0 Å². The van der Waals surface area contributed by atoms with Gasteiger partial charge in [-0.3, -0.25) is 9.89 Å². The molecule has 1 aliphatic heterocycles. The molecule has 2 heterocycles. The third kappa shape index (κ3) is 4.11. The van der Waals surface area contributed by atoms with Crippen molar-refractivity contribution in [2.75, 3.05) is 26.2 Å². The fourth-order valence-electron chi connectivity index (χ4n) is 3.33. The number of aromatic amines is 1. The topological polar surface area (TPSA) is 60.9 Å². The van der Waals surface area contributed by atoms with Crippen LogP contribution in [-0.4, -0.2) is 53.6 Å². The van der Waals surface area contributed by atoms with E-state index in [9.17, 15) is 9.50 Å². The van der Waals surface area contributed by atoms with Gasteiger partial charge in [-0.25, -0.2) is 4.39 Å². The highest BCUT2D eigenvalue weighted by Gasteiger charge is 2.21. The number of alkyl halides is 1. The van der Waals surface area contributed by atoms with Crippen LogP contribution in [0.25, 0.3) is 10.9 Å². The van der Waals surface area contributed by atoms with Crippen molar-refractivity contribution < 1.29 is 14.2 Å². The second-order valence-corrected chi connectivity index (χ2v) is 6.72. The van der Waals surface area contributed by atoms with Gasteiger partial charge in [0.15, 0.2) is 5.88 Å². The van der Waals surface area contributed by atoms with Crippen LogP contribution in [0, 0.1) is 0 Å². The molecule has 0 bridgehead atoms. The molecular weight excluding hydrogens is 345 g/mol. The van der Waals surface area contributed by atoms with Crippen molar-refractivity contribution in [1.29, 1.82) is 0 Å². The van der Waals surface area contributed by atoms with E-state index in [1.165, 1.54) is 0 Å². The molecule has 0 spiro atoms. The minimum absolute atomic E-state index is 0.109. The Morgan fingerprint density at radius 2 is 2.04 bits per heavy atom. The summed E-state index contributed by atoms with van der Waals surface area (Å²) in [6.07, 6.45) is 1.59. The van der Waals surface area contributed by atoms with Gasteiger partial charge in [-0.15, -0.1) is 0 Å². The number of aliphatic imine (C=N–C) groups is 1. The molecule has 6 heteroatoms. The molecule has 2 N–H and O–H groups in total. The average Bonchev–Trinajstić information content (AvgIpc) is 3.23. The first-order valence-corrected chi connectivity index (χ1v) is 9.12. The number of fused-ring (bicyclic) bond motifs is 1. The third-order valence-electron chi connectivity index (χ3n) is 4.80. The molecule has 140 valence electrons. The van der Waals surface area contributed by atoms with Crippen LogP contribution in [0.4, 0.5) is 10.1 Å². The van der Waals surface area contributed by atoms with E-state index < -0.39 is 6.17 Å². The zero-order valence-electron chi connectivity index (χ0n) is 14.9. The molecule has 0 amide bonds. The summed E-state index contributed by atoms with van der Waals surface area (Å²) in [7, 11) is 0. The number of hydrogen-bond donors (Lipinski definition) is 2. The van der Waals surface area contributed by atoms with Crippen molar-refractivity contribution in [3.05, 3.63) is 54.1 Å². The molecule has 0 radical (unpaired) electrons. The Bertz CT molecular complexity index is 936. The number of ether oxygens (including phenoxy) is 1. The highest BCUT2D eigenvalue weighted by Crippen LogP contribution is 2.26. The summed E-state index contributed by atoms with van der Waals surface area (Å²) in [4.78, 5) is 9.46. The first-order valence-electron chi connectivity index (χ1n) is 9.12. The van der Waals surface area contributed by atoms with Gasteiger partial charge in [0, 0.05) is 36.8 Å². The normalized spacial score (nSPS) is 17.9. The predicted molar refractivity (Wildman–Crippen MR) is 105 cm³/mol. The van der Waals surface area contributed by atoms with E-state index in [0.717, 1.165) is 35.4 Å². The molecule has 0 saturated carbocycles. The lowest BCUT2D eigenvalue weighted by atomic mass is 10.2. The molecular formula is C21H22FN3O2. The summed E-state index contributed by atoms with van der Waals surface area (Å²) in [5, 5.41) is 11.0. The number of rotatable bonds is 6. The van der Waals surface area contributed by atoms with Gasteiger partial charge in [-0.2, -0.15) is 0 Å². The zero-order chi connectivity index (χ0) is 18.6. The maximum Gasteiger partial charge on any atom is 0.198 e. The van der Waals surface area contributed by atoms with E-state index in [2.05, 4.69) is 14.9 Å². The first kappa shape index (κ1) is 17.5.